The van der Waals surface area contributed by atoms with Crippen molar-refractivity contribution in [3.05, 3.63) is 59.2 Å². The summed E-state index contributed by atoms with van der Waals surface area (Å²) in [5, 5.41) is 2.81. The number of ketones is 1. The van der Waals surface area contributed by atoms with Gasteiger partial charge in [-0.3, -0.25) is 14.4 Å². The molecule has 2 rings (SSSR count). The zero-order chi connectivity index (χ0) is 18.6. The highest BCUT2D eigenvalue weighted by molar-refractivity contribution is 6.02. The van der Waals surface area contributed by atoms with E-state index in [1.54, 1.807) is 24.3 Å². The van der Waals surface area contributed by atoms with Crippen molar-refractivity contribution in [1.29, 1.82) is 0 Å². The van der Waals surface area contributed by atoms with E-state index >= 15 is 0 Å². The van der Waals surface area contributed by atoms with E-state index in [4.69, 9.17) is 0 Å². The topological polar surface area (TPSA) is 66.5 Å². The molecule has 2 amide bonds. The summed E-state index contributed by atoms with van der Waals surface area (Å²) < 4.78 is 0. The van der Waals surface area contributed by atoms with Crippen molar-refractivity contribution in [2.24, 2.45) is 0 Å². The third kappa shape index (κ3) is 4.76. The molecule has 2 aromatic rings. The van der Waals surface area contributed by atoms with Gasteiger partial charge < -0.3 is 10.2 Å². The monoisotopic (exact) mass is 338 g/mol. The number of benzene rings is 2. The van der Waals surface area contributed by atoms with Crippen LogP contribution in [-0.2, 0) is 9.59 Å². The highest BCUT2D eigenvalue weighted by Crippen LogP contribution is 2.17. The van der Waals surface area contributed by atoms with Crippen LogP contribution in [0.15, 0.2) is 42.5 Å². The van der Waals surface area contributed by atoms with Crippen LogP contribution in [0.2, 0.25) is 0 Å². The van der Waals surface area contributed by atoms with Gasteiger partial charge in [-0.15, -0.1) is 0 Å². The van der Waals surface area contributed by atoms with Crippen LogP contribution in [0.5, 0.6) is 0 Å². The molecule has 0 aliphatic rings. The minimum Gasteiger partial charge on any atom is -0.325 e. The normalized spacial score (nSPS) is 10.2. The van der Waals surface area contributed by atoms with Gasteiger partial charge in [0.1, 0.15) is 6.54 Å². The largest absolute Gasteiger partial charge is 0.325 e. The van der Waals surface area contributed by atoms with E-state index < -0.39 is 0 Å². The van der Waals surface area contributed by atoms with Gasteiger partial charge in [0.05, 0.1) is 0 Å². The molecular formula is C20H22N2O3. The summed E-state index contributed by atoms with van der Waals surface area (Å²) in [6, 6.07) is 12.3. The average Bonchev–Trinajstić information content (AvgIpc) is 2.56. The number of aryl methyl sites for hydroxylation is 2. The van der Waals surface area contributed by atoms with Gasteiger partial charge in [0, 0.05) is 23.9 Å². The number of carbonyl (C=O) groups excluding carboxylic acids is 3. The average molecular weight is 338 g/mol. The Bertz CT molecular complexity index is 810. The van der Waals surface area contributed by atoms with Crippen LogP contribution in [0.4, 0.5) is 11.4 Å². The Labute approximate surface area is 147 Å². The predicted molar refractivity (Wildman–Crippen MR) is 99.0 cm³/mol. The van der Waals surface area contributed by atoms with Crippen molar-refractivity contribution in [3.8, 4) is 0 Å². The summed E-state index contributed by atoms with van der Waals surface area (Å²) >= 11 is 0. The minimum atomic E-state index is -0.283. The highest BCUT2D eigenvalue weighted by atomic mass is 16.2. The number of carbonyl (C=O) groups is 3. The molecule has 0 fully saturated rings. The maximum Gasteiger partial charge on any atom is 0.244 e. The Morgan fingerprint density at radius 2 is 1.56 bits per heavy atom. The molecule has 0 radical (unpaired) electrons. The summed E-state index contributed by atoms with van der Waals surface area (Å²) in [5.74, 6) is -0.576. The number of anilines is 2. The number of rotatable bonds is 5. The van der Waals surface area contributed by atoms with Crippen LogP contribution >= 0.6 is 0 Å². The van der Waals surface area contributed by atoms with Crippen LogP contribution in [0, 0.1) is 13.8 Å². The number of Topliss-reactive ketones (excluding diaryl/α,β-unsaturated/α-hetero) is 1. The van der Waals surface area contributed by atoms with Gasteiger partial charge in [-0.25, -0.2) is 0 Å². The van der Waals surface area contributed by atoms with Gasteiger partial charge in [-0.1, -0.05) is 6.07 Å². The highest BCUT2D eigenvalue weighted by Gasteiger charge is 2.16. The molecule has 0 aliphatic carbocycles. The summed E-state index contributed by atoms with van der Waals surface area (Å²) in [7, 11) is 0. The van der Waals surface area contributed by atoms with Crippen molar-refractivity contribution in [1.82, 2.24) is 0 Å². The molecule has 0 saturated heterocycles. The Hall–Kier alpha value is -2.95. The Kier molecular flexibility index (Phi) is 5.70. The lowest BCUT2D eigenvalue weighted by Gasteiger charge is -2.21. The van der Waals surface area contributed by atoms with Crippen molar-refractivity contribution >= 4 is 29.0 Å². The molecule has 5 nitrogen and oxygen atoms in total. The molecule has 0 aliphatic heterocycles. The third-order valence-electron chi connectivity index (χ3n) is 4.06. The Morgan fingerprint density at radius 3 is 2.08 bits per heavy atom. The van der Waals surface area contributed by atoms with Crippen LogP contribution in [0.3, 0.4) is 0 Å². The molecule has 0 unspecified atom stereocenters. The first-order valence-corrected chi connectivity index (χ1v) is 8.04. The van der Waals surface area contributed by atoms with Crippen molar-refractivity contribution < 1.29 is 14.4 Å². The zero-order valence-electron chi connectivity index (χ0n) is 14.9. The second kappa shape index (κ2) is 7.75. The van der Waals surface area contributed by atoms with Crippen LogP contribution in [-0.4, -0.2) is 24.1 Å². The quantitative estimate of drug-likeness (QED) is 0.849. The van der Waals surface area contributed by atoms with E-state index in [-0.39, 0.29) is 24.1 Å². The number of nitrogens with zero attached hydrogens (tertiary/aromatic N) is 1. The molecule has 0 saturated carbocycles. The van der Waals surface area contributed by atoms with Gasteiger partial charge in [0.2, 0.25) is 11.8 Å². The first-order chi connectivity index (χ1) is 11.8. The fraction of sp³-hybridized carbons (Fsp3) is 0.250. The SMILES string of the molecule is CC(=O)c1ccc(N(CC(=O)Nc2ccc(C)c(C)c2)C(C)=O)cc1. The van der Waals surface area contributed by atoms with Crippen LogP contribution in [0.25, 0.3) is 0 Å². The Morgan fingerprint density at radius 1 is 0.920 bits per heavy atom. The van der Waals surface area contributed by atoms with Crippen molar-refractivity contribution in [3.63, 3.8) is 0 Å². The first kappa shape index (κ1) is 18.4. The smallest absolute Gasteiger partial charge is 0.244 e. The number of amides is 2. The second-order valence-corrected chi connectivity index (χ2v) is 6.06. The fourth-order valence-electron chi connectivity index (χ4n) is 2.42. The molecular weight excluding hydrogens is 316 g/mol. The summed E-state index contributed by atoms with van der Waals surface area (Å²) in [6.07, 6.45) is 0. The molecule has 130 valence electrons. The molecule has 0 aromatic heterocycles. The van der Waals surface area contributed by atoms with E-state index in [1.165, 1.54) is 18.7 Å². The lowest BCUT2D eigenvalue weighted by atomic mass is 10.1. The summed E-state index contributed by atoms with van der Waals surface area (Å²) in [4.78, 5) is 37.0. The van der Waals surface area contributed by atoms with Gasteiger partial charge in [-0.05, 0) is 68.3 Å². The summed E-state index contributed by atoms with van der Waals surface area (Å²) in [5.41, 5.74) is 4.07. The van der Waals surface area contributed by atoms with Crippen molar-refractivity contribution in [2.45, 2.75) is 27.7 Å². The maximum absolute atomic E-state index is 12.3. The molecule has 1 N–H and O–H groups in total. The zero-order valence-corrected chi connectivity index (χ0v) is 14.9. The molecule has 0 bridgehead atoms. The molecule has 25 heavy (non-hydrogen) atoms. The van der Waals surface area contributed by atoms with Crippen LogP contribution < -0.4 is 10.2 Å². The van der Waals surface area contributed by atoms with Crippen LogP contribution in [0.1, 0.15) is 35.3 Å². The lowest BCUT2D eigenvalue weighted by molar-refractivity contribution is -0.120. The van der Waals surface area contributed by atoms with Gasteiger partial charge in [-0.2, -0.15) is 0 Å². The maximum atomic E-state index is 12.3. The number of hydrogen-bond donors (Lipinski definition) is 1. The summed E-state index contributed by atoms with van der Waals surface area (Å²) in [6.45, 7) is 6.77. The molecule has 0 spiro atoms. The number of hydrogen-bond acceptors (Lipinski definition) is 3. The second-order valence-electron chi connectivity index (χ2n) is 6.06. The van der Waals surface area contributed by atoms with E-state index in [1.807, 2.05) is 32.0 Å². The Balaban J connectivity index is 2.12. The minimum absolute atomic E-state index is 0.0478. The molecule has 0 heterocycles. The van der Waals surface area contributed by atoms with E-state index in [9.17, 15) is 14.4 Å². The van der Waals surface area contributed by atoms with E-state index in [0.29, 0.717) is 16.9 Å². The fourth-order valence-corrected chi connectivity index (χ4v) is 2.42. The molecule has 2 aromatic carbocycles. The lowest BCUT2D eigenvalue weighted by Crippen LogP contribution is -2.36. The standard InChI is InChI=1S/C20H22N2O3/c1-13-5-8-18(11-14(13)2)21-20(25)12-22(16(4)24)19-9-6-17(7-10-19)15(3)23/h5-11H,12H2,1-4H3,(H,21,25). The molecule has 0 atom stereocenters. The first-order valence-electron chi connectivity index (χ1n) is 8.04. The third-order valence-corrected chi connectivity index (χ3v) is 4.06. The number of nitrogens with one attached hydrogen (secondary N) is 1. The van der Waals surface area contributed by atoms with Gasteiger partial charge >= 0.3 is 0 Å². The van der Waals surface area contributed by atoms with Crippen molar-refractivity contribution in [2.75, 3.05) is 16.8 Å². The van der Waals surface area contributed by atoms with Gasteiger partial charge in [0.15, 0.2) is 5.78 Å². The predicted octanol–water partition coefficient (Wildman–Crippen LogP) is 3.50. The molecule has 5 heteroatoms. The van der Waals surface area contributed by atoms with E-state index in [2.05, 4.69) is 5.32 Å². The van der Waals surface area contributed by atoms with E-state index in [0.717, 1.165) is 11.1 Å². The van der Waals surface area contributed by atoms with Gasteiger partial charge in [0.25, 0.3) is 0 Å².